The zero-order chi connectivity index (χ0) is 22.0. The van der Waals surface area contributed by atoms with Crippen LogP contribution in [0.5, 0.6) is 0 Å². The van der Waals surface area contributed by atoms with Gasteiger partial charge in [0.25, 0.3) is 0 Å². The topological polar surface area (TPSA) is 72.2 Å². The van der Waals surface area contributed by atoms with Crippen LogP contribution in [0, 0.1) is 11.6 Å². The largest absolute Gasteiger partial charge is 0.419 e. The van der Waals surface area contributed by atoms with E-state index in [0.717, 1.165) is 24.3 Å². The third-order valence-corrected chi connectivity index (χ3v) is 6.52. The van der Waals surface area contributed by atoms with Gasteiger partial charge in [-0.1, -0.05) is 41.9 Å². The lowest BCUT2D eigenvalue weighted by Gasteiger charge is -2.07. The van der Waals surface area contributed by atoms with Crippen LogP contribution < -0.4 is 5.32 Å². The normalized spacial score (nSPS) is 11.5. The first-order valence-corrected chi connectivity index (χ1v) is 11.0. The van der Waals surface area contributed by atoms with Crippen LogP contribution in [-0.2, 0) is 16.4 Å². The SMILES string of the molecule is O=S(=O)(c1ccc(F)cc1)c1nc(-c2ccccc2F)oc1NCc1ccccc1Cl. The van der Waals surface area contributed by atoms with Gasteiger partial charge in [-0.2, -0.15) is 4.98 Å². The molecular formula is C22H15ClF2N2O3S. The molecule has 0 fully saturated rings. The van der Waals surface area contributed by atoms with Crippen LogP contribution in [0.25, 0.3) is 11.5 Å². The molecule has 5 nitrogen and oxygen atoms in total. The molecule has 3 aromatic carbocycles. The lowest BCUT2D eigenvalue weighted by atomic mass is 10.2. The first-order chi connectivity index (χ1) is 14.9. The Bertz CT molecular complexity index is 1340. The number of rotatable bonds is 6. The van der Waals surface area contributed by atoms with Gasteiger partial charge in [0.1, 0.15) is 11.6 Å². The second kappa shape index (κ2) is 8.49. The van der Waals surface area contributed by atoms with Crippen molar-refractivity contribution in [1.29, 1.82) is 0 Å². The van der Waals surface area contributed by atoms with Crippen molar-refractivity contribution in [3.05, 3.63) is 95.0 Å². The van der Waals surface area contributed by atoms with Crippen molar-refractivity contribution in [3.8, 4) is 11.5 Å². The van der Waals surface area contributed by atoms with Crippen molar-refractivity contribution in [2.24, 2.45) is 0 Å². The number of oxazole rings is 1. The highest BCUT2D eigenvalue weighted by Crippen LogP contribution is 2.33. The standard InChI is InChI=1S/C22H15ClF2N2O3S/c23-18-7-3-1-5-14(18)13-26-21-22(31(28,29)16-11-9-15(24)10-12-16)27-20(30-21)17-6-2-4-8-19(17)25/h1-12,26H,13H2. The lowest BCUT2D eigenvalue weighted by molar-refractivity contribution is 0.567. The molecule has 0 atom stereocenters. The number of sulfone groups is 1. The van der Waals surface area contributed by atoms with Gasteiger partial charge in [0.15, 0.2) is 0 Å². The summed E-state index contributed by atoms with van der Waals surface area (Å²) in [5.41, 5.74) is 0.696. The average Bonchev–Trinajstić information content (AvgIpc) is 3.19. The minimum atomic E-state index is -4.19. The van der Waals surface area contributed by atoms with E-state index in [9.17, 15) is 17.2 Å². The van der Waals surface area contributed by atoms with Crippen molar-refractivity contribution in [1.82, 2.24) is 4.98 Å². The molecule has 1 aromatic heterocycles. The minimum absolute atomic E-state index is 0.00356. The number of hydrogen-bond donors (Lipinski definition) is 1. The van der Waals surface area contributed by atoms with Gasteiger partial charge in [-0.05, 0) is 48.0 Å². The summed E-state index contributed by atoms with van der Waals surface area (Å²) in [6, 6.07) is 17.0. The Morgan fingerprint density at radius 1 is 0.935 bits per heavy atom. The van der Waals surface area contributed by atoms with Crippen LogP contribution in [0.4, 0.5) is 14.7 Å². The number of aromatic nitrogens is 1. The maximum atomic E-state index is 14.3. The second-order valence-electron chi connectivity index (χ2n) is 6.54. The van der Waals surface area contributed by atoms with Gasteiger partial charge >= 0.3 is 0 Å². The maximum absolute atomic E-state index is 14.3. The molecule has 4 aromatic rings. The number of benzene rings is 3. The third kappa shape index (κ3) is 4.30. The number of halogens is 3. The van der Waals surface area contributed by atoms with Crippen LogP contribution in [0.3, 0.4) is 0 Å². The Labute approximate surface area is 182 Å². The van der Waals surface area contributed by atoms with Crippen LogP contribution in [0.15, 0.2) is 87.1 Å². The monoisotopic (exact) mass is 460 g/mol. The summed E-state index contributed by atoms with van der Waals surface area (Å²) in [6.07, 6.45) is 0. The van der Waals surface area contributed by atoms with Gasteiger partial charge in [0, 0.05) is 11.6 Å². The molecule has 1 N–H and O–H groups in total. The van der Waals surface area contributed by atoms with E-state index in [-0.39, 0.29) is 28.8 Å². The molecule has 0 aliphatic rings. The van der Waals surface area contributed by atoms with Crippen LogP contribution in [-0.4, -0.2) is 13.4 Å². The van der Waals surface area contributed by atoms with Crippen LogP contribution in [0.2, 0.25) is 5.02 Å². The highest BCUT2D eigenvalue weighted by Gasteiger charge is 2.29. The molecule has 4 rings (SSSR count). The van der Waals surface area contributed by atoms with E-state index in [1.165, 1.54) is 18.2 Å². The Hall–Kier alpha value is -3.23. The Balaban J connectivity index is 1.79. The molecule has 158 valence electrons. The van der Waals surface area contributed by atoms with Gasteiger partial charge in [0.2, 0.25) is 26.6 Å². The summed E-state index contributed by atoms with van der Waals surface area (Å²) in [6.45, 7) is 0.136. The van der Waals surface area contributed by atoms with Crippen molar-refractivity contribution in [3.63, 3.8) is 0 Å². The van der Waals surface area contributed by atoms with Gasteiger partial charge in [0.05, 0.1) is 10.5 Å². The summed E-state index contributed by atoms with van der Waals surface area (Å²) in [5, 5.41) is 2.92. The first-order valence-electron chi connectivity index (χ1n) is 9.10. The van der Waals surface area contributed by atoms with Crippen LogP contribution in [0.1, 0.15) is 5.56 Å². The maximum Gasteiger partial charge on any atom is 0.234 e. The molecule has 0 aliphatic heterocycles. The van der Waals surface area contributed by atoms with E-state index >= 15 is 0 Å². The Morgan fingerprint density at radius 3 is 2.32 bits per heavy atom. The molecule has 1 heterocycles. The molecule has 0 bridgehead atoms. The molecule has 0 unspecified atom stereocenters. The quantitative estimate of drug-likeness (QED) is 0.373. The first kappa shape index (κ1) is 21.0. The van der Waals surface area contributed by atoms with E-state index in [1.807, 2.05) is 0 Å². The number of nitrogens with one attached hydrogen (secondary N) is 1. The van der Waals surface area contributed by atoms with E-state index in [1.54, 1.807) is 30.3 Å². The fourth-order valence-corrected chi connectivity index (χ4v) is 4.37. The molecule has 0 aliphatic carbocycles. The Morgan fingerprint density at radius 2 is 1.61 bits per heavy atom. The lowest BCUT2D eigenvalue weighted by Crippen LogP contribution is -2.08. The van der Waals surface area contributed by atoms with E-state index < -0.39 is 26.5 Å². The fourth-order valence-electron chi connectivity index (χ4n) is 2.89. The van der Waals surface area contributed by atoms with Crippen molar-refractivity contribution in [2.75, 3.05) is 5.32 Å². The van der Waals surface area contributed by atoms with Gasteiger partial charge in [-0.25, -0.2) is 17.2 Å². The molecule has 0 amide bonds. The summed E-state index contributed by atoms with van der Waals surface area (Å²) in [7, 11) is -4.19. The third-order valence-electron chi connectivity index (χ3n) is 4.48. The van der Waals surface area contributed by atoms with Gasteiger partial charge in [-0.3, -0.25) is 0 Å². The van der Waals surface area contributed by atoms with Crippen molar-refractivity contribution >= 4 is 27.3 Å². The highest BCUT2D eigenvalue weighted by molar-refractivity contribution is 7.91. The molecule has 0 radical (unpaired) electrons. The Kier molecular flexibility index (Phi) is 5.75. The zero-order valence-corrected chi connectivity index (χ0v) is 17.4. The predicted molar refractivity (Wildman–Crippen MR) is 113 cm³/mol. The minimum Gasteiger partial charge on any atom is -0.419 e. The number of nitrogens with zero attached hydrogens (tertiary/aromatic N) is 1. The molecule has 0 saturated carbocycles. The highest BCUT2D eigenvalue weighted by atomic mass is 35.5. The summed E-state index contributed by atoms with van der Waals surface area (Å²) in [5.74, 6) is -1.58. The number of anilines is 1. The summed E-state index contributed by atoms with van der Waals surface area (Å²) >= 11 is 6.16. The second-order valence-corrected chi connectivity index (χ2v) is 8.81. The molecule has 0 saturated heterocycles. The predicted octanol–water partition coefficient (Wildman–Crippen LogP) is 5.72. The van der Waals surface area contributed by atoms with E-state index in [2.05, 4.69) is 10.3 Å². The molecule has 9 heteroatoms. The van der Waals surface area contributed by atoms with E-state index in [4.69, 9.17) is 16.0 Å². The summed E-state index contributed by atoms with van der Waals surface area (Å²) in [4.78, 5) is 3.88. The van der Waals surface area contributed by atoms with Crippen LogP contribution >= 0.6 is 11.6 Å². The average molecular weight is 461 g/mol. The fraction of sp³-hybridized carbons (Fsp3) is 0.0455. The molecule has 0 spiro atoms. The molecule has 31 heavy (non-hydrogen) atoms. The van der Waals surface area contributed by atoms with Gasteiger partial charge in [-0.15, -0.1) is 0 Å². The molecular weight excluding hydrogens is 446 g/mol. The summed E-state index contributed by atoms with van der Waals surface area (Å²) < 4.78 is 59.5. The van der Waals surface area contributed by atoms with Gasteiger partial charge < -0.3 is 9.73 Å². The van der Waals surface area contributed by atoms with Crippen molar-refractivity contribution < 1.29 is 21.6 Å². The van der Waals surface area contributed by atoms with E-state index in [0.29, 0.717) is 10.6 Å². The number of hydrogen-bond acceptors (Lipinski definition) is 5. The smallest absolute Gasteiger partial charge is 0.234 e. The van der Waals surface area contributed by atoms with Crippen molar-refractivity contribution in [2.45, 2.75) is 16.5 Å². The zero-order valence-electron chi connectivity index (χ0n) is 15.8.